The van der Waals surface area contributed by atoms with Gasteiger partial charge in [-0.2, -0.15) is 0 Å². The summed E-state index contributed by atoms with van der Waals surface area (Å²) in [5.74, 6) is -1.53. The van der Waals surface area contributed by atoms with Gasteiger partial charge in [0.2, 0.25) is 11.8 Å². The number of carbonyl (C=O) groups is 4. The maximum atomic E-state index is 14.3. The van der Waals surface area contributed by atoms with E-state index < -0.39 is 41.0 Å². The average Bonchev–Trinajstić information content (AvgIpc) is 3.51. The highest BCUT2D eigenvalue weighted by Crippen LogP contribution is 2.58. The van der Waals surface area contributed by atoms with Crippen molar-refractivity contribution in [2.24, 2.45) is 17.3 Å². The number of ketones is 1. The van der Waals surface area contributed by atoms with Crippen molar-refractivity contribution in [3.05, 3.63) is 30.5 Å². The van der Waals surface area contributed by atoms with Crippen LogP contribution in [0, 0.1) is 17.3 Å². The van der Waals surface area contributed by atoms with Crippen molar-refractivity contribution < 1.29 is 38.5 Å². The molecule has 0 unspecified atom stereocenters. The number of carbonyl (C=O) groups excluding carboxylic acids is 3. The molecule has 1 saturated carbocycles. The van der Waals surface area contributed by atoms with Crippen LogP contribution >= 0.6 is 0 Å². The number of rotatable bonds is 6. The summed E-state index contributed by atoms with van der Waals surface area (Å²) in [5.41, 5.74) is -1.76. The van der Waals surface area contributed by atoms with Crippen LogP contribution in [0.1, 0.15) is 91.4 Å². The van der Waals surface area contributed by atoms with Gasteiger partial charge in [-0.15, -0.1) is 0 Å². The highest BCUT2D eigenvalue weighted by molar-refractivity contribution is 5.95. The summed E-state index contributed by atoms with van der Waals surface area (Å²) in [6.45, 7) is 5.52. The van der Waals surface area contributed by atoms with E-state index in [0.29, 0.717) is 24.5 Å². The predicted molar refractivity (Wildman–Crippen MR) is 167 cm³/mol. The summed E-state index contributed by atoms with van der Waals surface area (Å²) in [5, 5.41) is 11.8. The van der Waals surface area contributed by atoms with E-state index in [1.54, 1.807) is 39.0 Å². The Labute approximate surface area is 264 Å². The van der Waals surface area contributed by atoms with Gasteiger partial charge in [0, 0.05) is 30.3 Å². The lowest BCUT2D eigenvalue weighted by Crippen LogP contribution is -2.45. The second-order valence-corrected chi connectivity index (χ2v) is 14.0. The number of carboxylic acid groups (broad SMARTS) is 1. The van der Waals surface area contributed by atoms with Crippen molar-refractivity contribution in [3.63, 3.8) is 0 Å². The first kappa shape index (κ1) is 32.7. The fourth-order valence-corrected chi connectivity index (χ4v) is 7.12. The Morgan fingerprint density at radius 3 is 2.51 bits per heavy atom. The molecule has 3 fully saturated rings. The molecule has 45 heavy (non-hydrogen) atoms. The zero-order valence-electron chi connectivity index (χ0n) is 26.9. The van der Waals surface area contributed by atoms with Crippen LogP contribution in [0.25, 0.3) is 10.8 Å². The van der Waals surface area contributed by atoms with Gasteiger partial charge in [-0.3, -0.25) is 19.2 Å². The lowest BCUT2D eigenvalue weighted by molar-refractivity contribution is -0.159. The van der Waals surface area contributed by atoms with Gasteiger partial charge in [0.15, 0.2) is 5.78 Å². The molecule has 3 aliphatic rings. The minimum absolute atomic E-state index is 0.0292. The molecule has 2 aliphatic heterocycles. The molecule has 1 aromatic carbocycles. The Morgan fingerprint density at radius 1 is 1.07 bits per heavy atom. The third-order valence-corrected chi connectivity index (χ3v) is 9.57. The number of amides is 1. The largest absolute Gasteiger partial charge is 0.497 e. The maximum Gasteiger partial charge on any atom is 0.310 e. The highest BCUT2D eigenvalue weighted by atomic mass is 16.6. The molecule has 244 valence electrons. The van der Waals surface area contributed by atoms with Gasteiger partial charge in [0.05, 0.1) is 31.5 Å². The number of carboxylic acids is 1. The Bertz CT molecular complexity index is 1430. The number of methoxy groups -OCH3 is 1. The van der Waals surface area contributed by atoms with Gasteiger partial charge >= 0.3 is 11.9 Å². The summed E-state index contributed by atoms with van der Waals surface area (Å²) in [6.07, 6.45) is 7.48. The minimum Gasteiger partial charge on any atom is -0.497 e. The second-order valence-electron chi connectivity index (χ2n) is 14.0. The van der Waals surface area contributed by atoms with Crippen LogP contribution in [-0.4, -0.2) is 70.0 Å². The van der Waals surface area contributed by atoms with E-state index >= 15 is 0 Å². The van der Waals surface area contributed by atoms with Gasteiger partial charge in [-0.05, 0) is 75.6 Å². The molecular formula is C35H46N2O8. The second kappa shape index (κ2) is 13.3. The standard InChI is InChI=1S/C35H46N2O8/c1-34(2,3)45-30(39)17-23-10-8-6-5-7-9-11-24-19-35(24,33(41)42)20-29(38)28-18-26(21-37(28)32(23)40)44-31-27-13-12-25(43-4)16-22(27)14-15-36-31/h12-16,23-24,26,28H,5-11,17-21H2,1-4H3,(H,41,42)/t23-,24-,26-,28+,35-/m1/s1. The van der Waals surface area contributed by atoms with E-state index in [1.807, 2.05) is 24.3 Å². The third-order valence-electron chi connectivity index (χ3n) is 9.57. The number of esters is 1. The summed E-state index contributed by atoms with van der Waals surface area (Å²) >= 11 is 0. The lowest BCUT2D eigenvalue weighted by atomic mass is 9.90. The van der Waals surface area contributed by atoms with Gasteiger partial charge in [-0.25, -0.2) is 4.98 Å². The SMILES string of the molecule is COc1ccc2c(O[C@@H]3C[C@H]4C(=O)C[C@]5(C(=O)O)C[C@H]5CCCCCCC[C@H](CC(=O)OC(C)(C)C)C(=O)N4C3)nccc2c1. The van der Waals surface area contributed by atoms with Crippen molar-refractivity contribution in [2.45, 2.75) is 109 Å². The summed E-state index contributed by atoms with van der Waals surface area (Å²) in [6, 6.07) is 6.58. The summed E-state index contributed by atoms with van der Waals surface area (Å²) in [7, 11) is 1.60. The van der Waals surface area contributed by atoms with Gasteiger partial charge in [0.1, 0.15) is 17.5 Å². The summed E-state index contributed by atoms with van der Waals surface area (Å²) in [4.78, 5) is 59.6. The van der Waals surface area contributed by atoms with Crippen LogP contribution in [0.4, 0.5) is 0 Å². The van der Waals surface area contributed by atoms with Crippen LogP contribution in [-0.2, 0) is 23.9 Å². The molecule has 0 radical (unpaired) electrons. The normalized spacial score (nSPS) is 28.0. The first-order valence-corrected chi connectivity index (χ1v) is 16.3. The number of fused-ring (bicyclic) bond motifs is 3. The van der Waals surface area contributed by atoms with E-state index in [4.69, 9.17) is 14.2 Å². The Balaban J connectivity index is 1.43. The molecule has 2 aromatic rings. The molecule has 10 heteroatoms. The molecular weight excluding hydrogens is 576 g/mol. The van der Waals surface area contributed by atoms with Crippen molar-refractivity contribution in [3.8, 4) is 11.6 Å². The maximum absolute atomic E-state index is 14.3. The highest BCUT2D eigenvalue weighted by Gasteiger charge is 2.61. The van der Waals surface area contributed by atoms with Crippen molar-refractivity contribution >= 4 is 34.4 Å². The molecule has 1 N–H and O–H groups in total. The van der Waals surface area contributed by atoms with E-state index in [1.165, 1.54) is 0 Å². The van der Waals surface area contributed by atoms with Crippen LogP contribution in [0.15, 0.2) is 30.5 Å². The van der Waals surface area contributed by atoms with Gasteiger partial charge in [-0.1, -0.05) is 32.1 Å². The molecule has 0 bridgehead atoms. The number of Topliss-reactive ketones (excluding diaryl/α,β-unsaturated/α-hetero) is 1. The number of aliphatic carboxylic acids is 1. The number of aromatic nitrogens is 1. The van der Waals surface area contributed by atoms with E-state index in [-0.39, 0.29) is 43.4 Å². The molecule has 1 aliphatic carbocycles. The van der Waals surface area contributed by atoms with E-state index in [0.717, 1.165) is 49.3 Å². The number of ether oxygens (including phenoxy) is 3. The van der Waals surface area contributed by atoms with Crippen molar-refractivity contribution in [1.82, 2.24) is 9.88 Å². The fraction of sp³-hybridized carbons (Fsp3) is 0.629. The van der Waals surface area contributed by atoms with Crippen LogP contribution < -0.4 is 9.47 Å². The average molecular weight is 623 g/mol. The monoisotopic (exact) mass is 622 g/mol. The van der Waals surface area contributed by atoms with Crippen molar-refractivity contribution in [2.75, 3.05) is 13.7 Å². The van der Waals surface area contributed by atoms with Gasteiger partial charge < -0.3 is 24.2 Å². The molecule has 10 nitrogen and oxygen atoms in total. The number of nitrogens with zero attached hydrogens (tertiary/aromatic N) is 2. The Hall–Kier alpha value is -3.69. The number of hydrogen-bond donors (Lipinski definition) is 1. The summed E-state index contributed by atoms with van der Waals surface area (Å²) < 4.78 is 17.3. The number of pyridine rings is 1. The molecule has 2 saturated heterocycles. The third kappa shape index (κ3) is 7.59. The lowest BCUT2D eigenvalue weighted by Gasteiger charge is -2.29. The topological polar surface area (TPSA) is 132 Å². The predicted octanol–water partition coefficient (Wildman–Crippen LogP) is 5.73. The van der Waals surface area contributed by atoms with Crippen LogP contribution in [0.5, 0.6) is 11.6 Å². The smallest absolute Gasteiger partial charge is 0.310 e. The van der Waals surface area contributed by atoms with Crippen LogP contribution in [0.2, 0.25) is 0 Å². The quantitative estimate of drug-likeness (QED) is 0.401. The number of hydrogen-bond acceptors (Lipinski definition) is 8. The Kier molecular flexibility index (Phi) is 9.70. The van der Waals surface area contributed by atoms with Crippen molar-refractivity contribution in [1.29, 1.82) is 0 Å². The molecule has 1 aromatic heterocycles. The zero-order valence-corrected chi connectivity index (χ0v) is 26.9. The minimum atomic E-state index is -1.07. The molecule has 5 rings (SSSR count). The van der Waals surface area contributed by atoms with Crippen LogP contribution in [0.3, 0.4) is 0 Å². The zero-order chi connectivity index (χ0) is 32.4. The molecule has 5 atom stereocenters. The Morgan fingerprint density at radius 2 is 1.80 bits per heavy atom. The molecule has 3 heterocycles. The van der Waals surface area contributed by atoms with Gasteiger partial charge in [0.25, 0.3) is 0 Å². The molecule has 0 spiro atoms. The first-order chi connectivity index (χ1) is 21.4. The van der Waals surface area contributed by atoms with E-state index in [2.05, 4.69) is 4.98 Å². The van der Waals surface area contributed by atoms with E-state index in [9.17, 15) is 24.3 Å². The number of benzene rings is 1. The molecule has 1 amide bonds. The first-order valence-electron chi connectivity index (χ1n) is 16.3. The fourth-order valence-electron chi connectivity index (χ4n) is 7.12.